The Morgan fingerprint density at radius 3 is 2.95 bits per heavy atom. The molecule has 0 bridgehead atoms. The molecule has 3 aromatic rings. The summed E-state index contributed by atoms with van der Waals surface area (Å²) >= 11 is 0. The molecule has 2 aromatic heterocycles. The van der Waals surface area contributed by atoms with Crippen LogP contribution in [0.2, 0.25) is 0 Å². The van der Waals surface area contributed by atoms with Crippen molar-refractivity contribution in [3.63, 3.8) is 0 Å². The van der Waals surface area contributed by atoms with E-state index in [0.717, 1.165) is 18.5 Å². The van der Waals surface area contributed by atoms with Crippen molar-refractivity contribution in [2.24, 2.45) is 5.73 Å². The van der Waals surface area contributed by atoms with Crippen molar-refractivity contribution in [1.82, 2.24) is 9.55 Å². The van der Waals surface area contributed by atoms with Crippen LogP contribution in [0.15, 0.2) is 48.8 Å². The largest absolute Gasteiger partial charge is 0.481 e. The van der Waals surface area contributed by atoms with Gasteiger partial charge in [-0.05, 0) is 42.1 Å². The molecule has 3 rings (SSSR count). The predicted molar refractivity (Wildman–Crippen MR) is 84.6 cm³/mol. The van der Waals surface area contributed by atoms with E-state index in [-0.39, 0.29) is 0 Å². The fourth-order valence-corrected chi connectivity index (χ4v) is 2.60. The van der Waals surface area contributed by atoms with Crippen LogP contribution in [0, 0.1) is 0 Å². The van der Waals surface area contributed by atoms with Gasteiger partial charge in [0, 0.05) is 23.5 Å². The average Bonchev–Trinajstić information content (AvgIpc) is 2.91. The van der Waals surface area contributed by atoms with Gasteiger partial charge in [-0.25, -0.2) is 4.98 Å². The van der Waals surface area contributed by atoms with E-state index < -0.39 is 0 Å². The molecule has 0 aliphatic carbocycles. The highest BCUT2D eigenvalue weighted by molar-refractivity contribution is 5.81. The molecule has 0 radical (unpaired) electrons. The van der Waals surface area contributed by atoms with Crippen LogP contribution in [0.3, 0.4) is 0 Å². The molecule has 0 saturated carbocycles. The molecule has 0 aliphatic rings. The van der Waals surface area contributed by atoms with Crippen LogP contribution in [0.1, 0.15) is 11.1 Å². The van der Waals surface area contributed by atoms with Gasteiger partial charge in [0.15, 0.2) is 0 Å². The number of nitrogens with zero attached hydrogens (tertiary/aromatic N) is 2. The lowest BCUT2D eigenvalue weighted by atomic mass is 10.1. The van der Waals surface area contributed by atoms with Crippen molar-refractivity contribution in [2.75, 3.05) is 13.7 Å². The molecule has 0 amide bonds. The number of methoxy groups -OCH3 is 1. The third-order valence-electron chi connectivity index (χ3n) is 3.66. The van der Waals surface area contributed by atoms with E-state index in [2.05, 4.69) is 40.0 Å². The fourth-order valence-electron chi connectivity index (χ4n) is 2.60. The van der Waals surface area contributed by atoms with Crippen LogP contribution < -0.4 is 10.5 Å². The maximum Gasteiger partial charge on any atom is 0.218 e. The molecule has 0 aliphatic heterocycles. The van der Waals surface area contributed by atoms with E-state index in [1.807, 2.05) is 12.1 Å². The van der Waals surface area contributed by atoms with E-state index in [0.29, 0.717) is 12.4 Å². The quantitative estimate of drug-likeness (QED) is 0.782. The van der Waals surface area contributed by atoms with Crippen LogP contribution in [0.5, 0.6) is 5.88 Å². The summed E-state index contributed by atoms with van der Waals surface area (Å²) in [6, 6.07) is 12.6. The molecule has 2 N–H and O–H groups in total. The van der Waals surface area contributed by atoms with Crippen molar-refractivity contribution in [2.45, 2.75) is 13.0 Å². The first-order chi connectivity index (χ1) is 10.3. The summed E-state index contributed by atoms with van der Waals surface area (Å²) in [7, 11) is 1.65. The first-order valence-corrected chi connectivity index (χ1v) is 7.07. The second-order valence-electron chi connectivity index (χ2n) is 5.05. The topological polar surface area (TPSA) is 53.1 Å². The van der Waals surface area contributed by atoms with E-state index in [1.165, 1.54) is 16.5 Å². The van der Waals surface area contributed by atoms with Crippen molar-refractivity contribution in [3.05, 3.63) is 59.9 Å². The molecule has 0 fully saturated rings. The van der Waals surface area contributed by atoms with Gasteiger partial charge in [0.25, 0.3) is 0 Å². The number of benzene rings is 1. The van der Waals surface area contributed by atoms with Gasteiger partial charge in [-0.1, -0.05) is 18.2 Å². The summed E-state index contributed by atoms with van der Waals surface area (Å²) in [5.41, 5.74) is 9.20. The number of nitrogens with two attached hydrogens (primary N) is 1. The Morgan fingerprint density at radius 1 is 1.24 bits per heavy atom. The molecule has 0 saturated heterocycles. The van der Waals surface area contributed by atoms with E-state index in [1.54, 1.807) is 13.3 Å². The Bertz CT molecular complexity index is 749. The zero-order chi connectivity index (χ0) is 14.7. The molecule has 21 heavy (non-hydrogen) atoms. The van der Waals surface area contributed by atoms with Gasteiger partial charge in [0.2, 0.25) is 5.88 Å². The van der Waals surface area contributed by atoms with Gasteiger partial charge >= 0.3 is 0 Å². The Kier molecular flexibility index (Phi) is 3.88. The number of fused-ring (bicyclic) bond motifs is 1. The van der Waals surface area contributed by atoms with Gasteiger partial charge in [-0.15, -0.1) is 0 Å². The van der Waals surface area contributed by atoms with Gasteiger partial charge in [0.1, 0.15) is 0 Å². The number of rotatable bonds is 5. The van der Waals surface area contributed by atoms with Crippen molar-refractivity contribution in [1.29, 1.82) is 0 Å². The molecule has 4 heteroatoms. The van der Waals surface area contributed by atoms with Gasteiger partial charge < -0.3 is 15.0 Å². The summed E-state index contributed by atoms with van der Waals surface area (Å²) in [5, 5.41) is 1.23. The Morgan fingerprint density at radius 2 is 2.14 bits per heavy atom. The number of ether oxygens (including phenoxy) is 1. The van der Waals surface area contributed by atoms with Crippen LogP contribution >= 0.6 is 0 Å². The monoisotopic (exact) mass is 281 g/mol. The normalized spacial score (nSPS) is 11.0. The summed E-state index contributed by atoms with van der Waals surface area (Å²) in [6.07, 6.45) is 4.75. The van der Waals surface area contributed by atoms with Crippen molar-refractivity contribution in [3.8, 4) is 5.88 Å². The smallest absolute Gasteiger partial charge is 0.218 e. The lowest BCUT2D eigenvalue weighted by molar-refractivity contribution is 0.391. The number of hydrogen-bond acceptors (Lipinski definition) is 3. The van der Waals surface area contributed by atoms with Gasteiger partial charge in [-0.3, -0.25) is 0 Å². The average molecular weight is 281 g/mol. The molecule has 0 unspecified atom stereocenters. The van der Waals surface area contributed by atoms with E-state index in [9.17, 15) is 0 Å². The third kappa shape index (κ3) is 2.76. The predicted octanol–water partition coefficient (Wildman–Crippen LogP) is 2.59. The zero-order valence-corrected chi connectivity index (χ0v) is 12.1. The number of pyridine rings is 1. The minimum Gasteiger partial charge on any atom is -0.481 e. The summed E-state index contributed by atoms with van der Waals surface area (Å²) in [5.74, 6) is 0.678. The summed E-state index contributed by atoms with van der Waals surface area (Å²) in [4.78, 5) is 4.25. The maximum atomic E-state index is 5.65. The highest BCUT2D eigenvalue weighted by atomic mass is 16.5. The van der Waals surface area contributed by atoms with Crippen molar-refractivity contribution < 1.29 is 4.74 Å². The molecular formula is C17H19N3O. The third-order valence-corrected chi connectivity index (χ3v) is 3.66. The Hall–Kier alpha value is -2.33. The summed E-state index contributed by atoms with van der Waals surface area (Å²) < 4.78 is 7.54. The maximum absolute atomic E-state index is 5.65. The lowest BCUT2D eigenvalue weighted by Crippen LogP contribution is -2.04. The van der Waals surface area contributed by atoms with Gasteiger partial charge in [0.05, 0.1) is 13.7 Å². The first-order valence-electron chi connectivity index (χ1n) is 7.07. The van der Waals surface area contributed by atoms with E-state index >= 15 is 0 Å². The van der Waals surface area contributed by atoms with Crippen molar-refractivity contribution >= 4 is 10.9 Å². The number of aromatic nitrogens is 2. The molecule has 108 valence electrons. The molecule has 2 heterocycles. The molecule has 0 atom stereocenters. The summed E-state index contributed by atoms with van der Waals surface area (Å²) in [6.45, 7) is 1.41. The second-order valence-corrected chi connectivity index (χ2v) is 5.05. The highest BCUT2D eigenvalue weighted by Gasteiger charge is 2.07. The number of hydrogen-bond donors (Lipinski definition) is 1. The second kappa shape index (κ2) is 5.97. The van der Waals surface area contributed by atoms with Crippen LogP contribution in [0.25, 0.3) is 10.9 Å². The Balaban J connectivity index is 1.98. The first kappa shape index (κ1) is 13.6. The minimum atomic E-state index is 0.669. The van der Waals surface area contributed by atoms with E-state index in [4.69, 9.17) is 10.5 Å². The van der Waals surface area contributed by atoms with Gasteiger partial charge in [-0.2, -0.15) is 0 Å². The van der Waals surface area contributed by atoms with Crippen LogP contribution in [-0.4, -0.2) is 23.2 Å². The highest BCUT2D eigenvalue weighted by Crippen LogP contribution is 2.22. The molecule has 1 aromatic carbocycles. The molecule has 0 spiro atoms. The minimum absolute atomic E-state index is 0.669. The van der Waals surface area contributed by atoms with Crippen LogP contribution in [0.4, 0.5) is 0 Å². The molecular weight excluding hydrogens is 262 g/mol. The fraction of sp³-hybridized carbons (Fsp3) is 0.235. The SMILES string of the molecule is COc1ncccc1Cn1ccc2ccc(CCN)cc21. The standard InChI is InChI=1S/C17H19N3O/c1-21-17-15(3-2-9-19-17)12-20-10-7-14-5-4-13(6-8-18)11-16(14)20/h2-5,7,9-11H,6,8,12,18H2,1H3. The zero-order valence-electron chi connectivity index (χ0n) is 12.1. The lowest BCUT2D eigenvalue weighted by Gasteiger charge is -2.10. The van der Waals surface area contributed by atoms with Crippen LogP contribution in [-0.2, 0) is 13.0 Å². The molecule has 4 nitrogen and oxygen atoms in total. The Labute approximate surface area is 124 Å².